The van der Waals surface area contributed by atoms with Gasteiger partial charge in [-0.05, 0) is 70.5 Å². The first-order valence-electron chi connectivity index (χ1n) is 18.9. The Labute approximate surface area is 320 Å². The van der Waals surface area contributed by atoms with Gasteiger partial charge in [-0.25, -0.2) is 4.68 Å². The highest BCUT2D eigenvalue weighted by Crippen LogP contribution is 2.43. The lowest BCUT2D eigenvalue weighted by atomic mass is 9.77. The predicted molar refractivity (Wildman–Crippen MR) is 216 cm³/mol. The number of benzene rings is 5. The smallest absolute Gasteiger partial charge is 0.278 e. The van der Waals surface area contributed by atoms with E-state index in [0.29, 0.717) is 30.3 Å². The van der Waals surface area contributed by atoms with Gasteiger partial charge in [-0.2, -0.15) is 4.98 Å². The fourth-order valence-electron chi connectivity index (χ4n) is 7.87. The maximum absolute atomic E-state index is 13.5. The SMILES string of the molecule is CCCCc1c(Cc2ccc(-c3ccccc3-c3nnnn3C(c3ccccc3)(c3ccccc3)c3ccccc3)cc2)c(=O)nc2n1CC(C)(C)C(=O)N2. The van der Waals surface area contributed by atoms with Gasteiger partial charge < -0.3 is 4.57 Å². The van der Waals surface area contributed by atoms with E-state index in [-0.39, 0.29) is 11.5 Å². The monoisotopic (exact) mass is 725 g/mol. The molecule has 1 N–H and O–H groups in total. The average Bonchev–Trinajstić information content (AvgIpc) is 3.71. The Morgan fingerprint density at radius 2 is 1.29 bits per heavy atom. The molecule has 3 heterocycles. The van der Waals surface area contributed by atoms with Crippen LogP contribution in [-0.4, -0.2) is 35.7 Å². The highest BCUT2D eigenvalue weighted by molar-refractivity contribution is 5.94. The van der Waals surface area contributed by atoms with Gasteiger partial charge in [-0.15, -0.1) is 5.10 Å². The lowest BCUT2D eigenvalue weighted by molar-refractivity contribution is -0.125. The number of fused-ring (bicyclic) bond motifs is 1. The van der Waals surface area contributed by atoms with E-state index in [1.807, 2.05) is 53.4 Å². The number of unbranched alkanes of at least 4 members (excludes halogenated alkanes) is 1. The lowest BCUT2D eigenvalue weighted by Crippen LogP contribution is -2.43. The van der Waals surface area contributed by atoms with Crippen molar-refractivity contribution in [3.8, 4) is 22.5 Å². The number of nitrogens with zero attached hydrogens (tertiary/aromatic N) is 6. The quantitative estimate of drug-likeness (QED) is 0.135. The standard InChI is InChI=1S/C46H43N7O2/c1-4-5-25-40-39(42(54)47-44-48-43(55)45(2,3)31-52(40)44)30-32-26-28-33(29-27-32)37-23-15-16-24-38(37)41-49-50-51-53(41)46(34-17-9-6-10-18-34,35-19-11-7-12-20-35)36-21-13-8-14-22-36/h6-24,26-29H,4-5,25,30-31H2,1-3H3,(H,47,48,54,55). The minimum absolute atomic E-state index is 0.121. The molecule has 1 aliphatic rings. The van der Waals surface area contributed by atoms with Crippen LogP contribution < -0.4 is 10.9 Å². The van der Waals surface area contributed by atoms with Crippen molar-refractivity contribution in [3.05, 3.63) is 183 Å². The van der Waals surface area contributed by atoms with Crippen LogP contribution in [0, 0.1) is 5.41 Å². The Morgan fingerprint density at radius 1 is 0.727 bits per heavy atom. The summed E-state index contributed by atoms with van der Waals surface area (Å²) in [6, 6.07) is 47.7. The van der Waals surface area contributed by atoms with Crippen LogP contribution in [0.4, 0.5) is 5.95 Å². The first kappa shape index (κ1) is 35.5. The van der Waals surface area contributed by atoms with Gasteiger partial charge >= 0.3 is 0 Å². The number of tetrazole rings is 1. The highest BCUT2D eigenvalue weighted by atomic mass is 16.2. The van der Waals surface area contributed by atoms with Gasteiger partial charge in [0.1, 0.15) is 5.54 Å². The van der Waals surface area contributed by atoms with Crippen LogP contribution in [-0.2, 0) is 29.7 Å². The summed E-state index contributed by atoms with van der Waals surface area (Å²) >= 11 is 0. The van der Waals surface area contributed by atoms with Crippen LogP contribution in [0.1, 0.15) is 67.1 Å². The van der Waals surface area contributed by atoms with Crippen molar-refractivity contribution in [1.82, 2.24) is 29.8 Å². The third kappa shape index (κ3) is 6.45. The zero-order chi connectivity index (χ0) is 38.0. The molecule has 9 heteroatoms. The van der Waals surface area contributed by atoms with Crippen LogP contribution in [0.25, 0.3) is 22.5 Å². The summed E-state index contributed by atoms with van der Waals surface area (Å²) in [6.07, 6.45) is 3.09. The molecule has 0 spiro atoms. The molecule has 1 amide bonds. The van der Waals surface area contributed by atoms with Crippen molar-refractivity contribution in [3.63, 3.8) is 0 Å². The zero-order valence-corrected chi connectivity index (χ0v) is 31.3. The van der Waals surface area contributed by atoms with E-state index in [1.54, 1.807) is 0 Å². The Bertz CT molecular complexity index is 2410. The Kier molecular flexibility index (Phi) is 9.53. The molecule has 0 atom stereocenters. The van der Waals surface area contributed by atoms with Crippen molar-refractivity contribution >= 4 is 11.9 Å². The number of carbonyl (C=O) groups excluding carboxylic acids is 1. The third-order valence-electron chi connectivity index (χ3n) is 10.7. The molecule has 0 radical (unpaired) electrons. The number of rotatable bonds is 11. The normalized spacial score (nSPS) is 13.6. The Balaban J connectivity index is 1.21. The number of carbonyl (C=O) groups is 1. The molecule has 1 aliphatic heterocycles. The molecule has 274 valence electrons. The highest BCUT2D eigenvalue weighted by Gasteiger charge is 2.42. The van der Waals surface area contributed by atoms with Crippen LogP contribution in [0.5, 0.6) is 0 Å². The Morgan fingerprint density at radius 3 is 1.87 bits per heavy atom. The summed E-state index contributed by atoms with van der Waals surface area (Å²) in [6.45, 7) is 6.46. The van der Waals surface area contributed by atoms with Crippen molar-refractivity contribution < 1.29 is 4.79 Å². The van der Waals surface area contributed by atoms with E-state index in [0.717, 1.165) is 63.9 Å². The van der Waals surface area contributed by atoms with Crippen LogP contribution in [0.3, 0.4) is 0 Å². The minimum Gasteiger partial charge on any atom is -0.314 e. The molecular weight excluding hydrogens is 683 g/mol. The fourth-order valence-corrected chi connectivity index (χ4v) is 7.87. The first-order chi connectivity index (χ1) is 26.8. The van der Waals surface area contributed by atoms with Gasteiger partial charge in [0.25, 0.3) is 5.56 Å². The predicted octanol–water partition coefficient (Wildman–Crippen LogP) is 8.32. The van der Waals surface area contributed by atoms with Gasteiger partial charge in [0.05, 0.1) is 5.41 Å². The van der Waals surface area contributed by atoms with Gasteiger partial charge in [0.2, 0.25) is 11.9 Å². The third-order valence-corrected chi connectivity index (χ3v) is 10.7. The molecule has 0 bridgehead atoms. The largest absolute Gasteiger partial charge is 0.314 e. The molecule has 0 fully saturated rings. The maximum Gasteiger partial charge on any atom is 0.278 e. The fraction of sp³-hybridized carbons (Fsp3) is 0.217. The van der Waals surface area contributed by atoms with Gasteiger partial charge in [0, 0.05) is 29.8 Å². The van der Waals surface area contributed by atoms with E-state index in [4.69, 9.17) is 10.3 Å². The second-order valence-corrected chi connectivity index (χ2v) is 14.8. The second kappa shape index (κ2) is 14.7. The van der Waals surface area contributed by atoms with Crippen LogP contribution in [0.2, 0.25) is 0 Å². The van der Waals surface area contributed by atoms with E-state index in [2.05, 4.69) is 132 Å². The summed E-state index contributed by atoms with van der Waals surface area (Å²) < 4.78 is 4.00. The summed E-state index contributed by atoms with van der Waals surface area (Å²) in [4.78, 5) is 30.6. The Hall–Kier alpha value is -6.48. The molecule has 0 saturated heterocycles. The summed E-state index contributed by atoms with van der Waals surface area (Å²) in [5.74, 6) is 0.846. The van der Waals surface area contributed by atoms with Gasteiger partial charge in [-0.1, -0.05) is 153 Å². The number of aromatic nitrogens is 6. The van der Waals surface area contributed by atoms with E-state index in [9.17, 15) is 9.59 Å². The lowest BCUT2D eigenvalue weighted by Gasteiger charge is -2.36. The molecular formula is C46H43N7O2. The number of hydrogen-bond acceptors (Lipinski definition) is 6. The average molecular weight is 726 g/mol. The molecule has 9 nitrogen and oxygen atoms in total. The molecule has 7 aromatic rings. The van der Waals surface area contributed by atoms with E-state index >= 15 is 0 Å². The molecule has 0 unspecified atom stereocenters. The molecule has 5 aromatic carbocycles. The van der Waals surface area contributed by atoms with Crippen molar-refractivity contribution in [2.45, 2.75) is 58.5 Å². The molecule has 0 aliphatic carbocycles. The number of anilines is 1. The van der Waals surface area contributed by atoms with Crippen molar-refractivity contribution in [1.29, 1.82) is 0 Å². The molecule has 0 saturated carbocycles. The first-order valence-corrected chi connectivity index (χ1v) is 18.9. The number of nitrogens with one attached hydrogen (secondary N) is 1. The zero-order valence-electron chi connectivity index (χ0n) is 31.3. The van der Waals surface area contributed by atoms with Gasteiger partial charge in [0.15, 0.2) is 5.82 Å². The van der Waals surface area contributed by atoms with Crippen molar-refractivity contribution in [2.24, 2.45) is 5.41 Å². The minimum atomic E-state index is -0.885. The maximum atomic E-state index is 13.5. The van der Waals surface area contributed by atoms with Crippen LogP contribution >= 0.6 is 0 Å². The summed E-state index contributed by atoms with van der Waals surface area (Å²) in [5.41, 5.74) is 6.77. The van der Waals surface area contributed by atoms with Gasteiger partial charge in [-0.3, -0.25) is 14.9 Å². The molecule has 8 rings (SSSR count). The summed E-state index contributed by atoms with van der Waals surface area (Å²) in [5, 5.41) is 16.7. The summed E-state index contributed by atoms with van der Waals surface area (Å²) in [7, 11) is 0. The van der Waals surface area contributed by atoms with Crippen LogP contribution in [0.15, 0.2) is 144 Å². The number of amides is 1. The van der Waals surface area contributed by atoms with Crippen molar-refractivity contribution in [2.75, 3.05) is 5.32 Å². The molecule has 2 aromatic heterocycles. The van der Waals surface area contributed by atoms with E-state index < -0.39 is 11.0 Å². The topological polar surface area (TPSA) is 108 Å². The molecule has 55 heavy (non-hydrogen) atoms. The van der Waals surface area contributed by atoms with E-state index in [1.165, 1.54) is 0 Å². The number of hydrogen-bond donors (Lipinski definition) is 1. The second-order valence-electron chi connectivity index (χ2n) is 14.8.